The Labute approximate surface area is 125 Å². The van der Waals surface area contributed by atoms with Crippen molar-refractivity contribution in [2.45, 2.75) is 45.2 Å². The fourth-order valence-electron chi connectivity index (χ4n) is 2.89. The molecule has 1 aromatic heterocycles. The summed E-state index contributed by atoms with van der Waals surface area (Å²) >= 11 is 0. The smallest absolute Gasteiger partial charge is 0.191 e. The van der Waals surface area contributed by atoms with E-state index in [0.717, 1.165) is 22.8 Å². The number of hydrogen-bond acceptors (Lipinski definition) is 2. The Morgan fingerprint density at radius 3 is 2.95 bits per heavy atom. The van der Waals surface area contributed by atoms with Crippen LogP contribution in [-0.4, -0.2) is 29.0 Å². The Bertz CT molecular complexity index is 637. The number of H-pyrrole nitrogens is 1. The first-order chi connectivity index (χ1) is 10.2. The van der Waals surface area contributed by atoms with Crippen molar-refractivity contribution in [2.75, 3.05) is 7.05 Å². The SMILES string of the molecule is CN=C(NCc1nc2ccc(C)cc2[nH]1)NC1CCCC1. The lowest BCUT2D eigenvalue weighted by atomic mass is 10.2. The quantitative estimate of drug-likeness (QED) is 0.599. The Hall–Kier alpha value is -2.04. The molecule has 0 bridgehead atoms. The monoisotopic (exact) mass is 285 g/mol. The number of imidazole rings is 1. The predicted octanol–water partition coefficient (Wildman–Crippen LogP) is 2.48. The third-order valence-electron chi connectivity index (χ3n) is 4.03. The number of nitrogens with one attached hydrogen (secondary N) is 3. The molecular weight excluding hydrogens is 262 g/mol. The number of aliphatic imine (C=N–C) groups is 1. The van der Waals surface area contributed by atoms with Crippen molar-refractivity contribution in [2.24, 2.45) is 4.99 Å². The molecular formula is C16H23N5. The van der Waals surface area contributed by atoms with Crippen molar-refractivity contribution in [3.05, 3.63) is 29.6 Å². The third kappa shape index (κ3) is 3.35. The van der Waals surface area contributed by atoms with Gasteiger partial charge in [-0.05, 0) is 37.5 Å². The largest absolute Gasteiger partial charge is 0.354 e. The van der Waals surface area contributed by atoms with Crippen LogP contribution < -0.4 is 10.6 Å². The summed E-state index contributed by atoms with van der Waals surface area (Å²) in [7, 11) is 1.81. The molecule has 0 atom stereocenters. The Kier molecular flexibility index (Phi) is 4.08. The summed E-state index contributed by atoms with van der Waals surface area (Å²) < 4.78 is 0. The maximum atomic E-state index is 4.59. The molecule has 0 aliphatic heterocycles. The highest BCUT2D eigenvalue weighted by atomic mass is 15.2. The molecule has 3 rings (SSSR count). The van der Waals surface area contributed by atoms with Gasteiger partial charge in [0.15, 0.2) is 5.96 Å². The van der Waals surface area contributed by atoms with Gasteiger partial charge in [-0.25, -0.2) is 4.98 Å². The molecule has 1 heterocycles. The highest BCUT2D eigenvalue weighted by Crippen LogP contribution is 2.17. The number of nitrogens with zero attached hydrogens (tertiary/aromatic N) is 2. The molecule has 21 heavy (non-hydrogen) atoms. The molecule has 1 aliphatic carbocycles. The van der Waals surface area contributed by atoms with Gasteiger partial charge in [-0.3, -0.25) is 4.99 Å². The average molecular weight is 285 g/mol. The second kappa shape index (κ2) is 6.16. The average Bonchev–Trinajstić information content (AvgIpc) is 3.11. The van der Waals surface area contributed by atoms with Crippen LogP contribution in [-0.2, 0) is 6.54 Å². The van der Waals surface area contributed by atoms with Gasteiger partial charge in [0.25, 0.3) is 0 Å². The van der Waals surface area contributed by atoms with Crippen LogP contribution in [0, 0.1) is 6.92 Å². The van der Waals surface area contributed by atoms with E-state index < -0.39 is 0 Å². The minimum absolute atomic E-state index is 0.564. The van der Waals surface area contributed by atoms with E-state index >= 15 is 0 Å². The van der Waals surface area contributed by atoms with Gasteiger partial charge in [-0.15, -0.1) is 0 Å². The molecule has 3 N–H and O–H groups in total. The van der Waals surface area contributed by atoms with Crippen LogP contribution in [0.1, 0.15) is 37.1 Å². The normalized spacial score (nSPS) is 16.6. The van der Waals surface area contributed by atoms with Gasteiger partial charge in [0, 0.05) is 13.1 Å². The maximum Gasteiger partial charge on any atom is 0.191 e. The number of aromatic nitrogens is 2. The van der Waals surface area contributed by atoms with Crippen molar-refractivity contribution < 1.29 is 0 Å². The van der Waals surface area contributed by atoms with E-state index in [0.29, 0.717) is 12.6 Å². The van der Waals surface area contributed by atoms with Gasteiger partial charge in [-0.2, -0.15) is 0 Å². The van der Waals surface area contributed by atoms with Crippen LogP contribution in [0.4, 0.5) is 0 Å². The summed E-state index contributed by atoms with van der Waals surface area (Å²) in [6, 6.07) is 6.82. The summed E-state index contributed by atoms with van der Waals surface area (Å²) in [5.74, 6) is 1.79. The van der Waals surface area contributed by atoms with Crippen molar-refractivity contribution in [3.8, 4) is 0 Å². The van der Waals surface area contributed by atoms with Crippen LogP contribution in [0.5, 0.6) is 0 Å². The van der Waals surface area contributed by atoms with E-state index in [1.807, 2.05) is 7.05 Å². The van der Waals surface area contributed by atoms with Crippen LogP contribution in [0.2, 0.25) is 0 Å². The summed E-state index contributed by atoms with van der Waals surface area (Å²) in [5.41, 5.74) is 3.34. The molecule has 2 aromatic rings. The second-order valence-corrected chi connectivity index (χ2v) is 5.76. The van der Waals surface area contributed by atoms with Crippen molar-refractivity contribution in [1.82, 2.24) is 20.6 Å². The lowest BCUT2D eigenvalue weighted by Crippen LogP contribution is -2.42. The number of benzene rings is 1. The third-order valence-corrected chi connectivity index (χ3v) is 4.03. The van der Waals surface area contributed by atoms with E-state index in [1.54, 1.807) is 0 Å². The fraction of sp³-hybridized carbons (Fsp3) is 0.500. The van der Waals surface area contributed by atoms with Gasteiger partial charge in [0.05, 0.1) is 17.6 Å². The van der Waals surface area contributed by atoms with Crippen LogP contribution in [0.15, 0.2) is 23.2 Å². The molecule has 0 radical (unpaired) electrons. The molecule has 0 saturated heterocycles. The summed E-state index contributed by atoms with van der Waals surface area (Å²) in [6.07, 6.45) is 5.12. The van der Waals surface area contributed by atoms with Gasteiger partial charge in [-0.1, -0.05) is 18.9 Å². The predicted molar refractivity (Wildman–Crippen MR) is 86.4 cm³/mol. The van der Waals surface area contributed by atoms with E-state index in [1.165, 1.54) is 31.2 Å². The molecule has 1 saturated carbocycles. The zero-order chi connectivity index (χ0) is 14.7. The van der Waals surface area contributed by atoms with Crippen LogP contribution in [0.3, 0.4) is 0 Å². The van der Waals surface area contributed by atoms with Gasteiger partial charge < -0.3 is 15.6 Å². The molecule has 1 fully saturated rings. The van der Waals surface area contributed by atoms with E-state index in [-0.39, 0.29) is 0 Å². The van der Waals surface area contributed by atoms with Crippen LogP contribution in [0.25, 0.3) is 11.0 Å². The zero-order valence-electron chi connectivity index (χ0n) is 12.7. The van der Waals surface area contributed by atoms with E-state index in [4.69, 9.17) is 0 Å². The molecule has 112 valence electrons. The second-order valence-electron chi connectivity index (χ2n) is 5.76. The van der Waals surface area contributed by atoms with E-state index in [9.17, 15) is 0 Å². The maximum absolute atomic E-state index is 4.59. The molecule has 5 heteroatoms. The first-order valence-corrected chi connectivity index (χ1v) is 7.67. The number of aryl methyl sites for hydroxylation is 1. The van der Waals surface area contributed by atoms with Crippen molar-refractivity contribution in [3.63, 3.8) is 0 Å². The lowest BCUT2D eigenvalue weighted by molar-refractivity contribution is 0.612. The molecule has 1 aromatic carbocycles. The van der Waals surface area contributed by atoms with E-state index in [2.05, 4.69) is 50.7 Å². The Balaban J connectivity index is 1.61. The minimum Gasteiger partial charge on any atom is -0.354 e. The first kappa shape index (κ1) is 13.9. The topological polar surface area (TPSA) is 65.1 Å². The highest BCUT2D eigenvalue weighted by Gasteiger charge is 2.15. The number of fused-ring (bicyclic) bond motifs is 1. The molecule has 5 nitrogen and oxygen atoms in total. The highest BCUT2D eigenvalue weighted by molar-refractivity contribution is 5.80. The number of guanidine groups is 1. The first-order valence-electron chi connectivity index (χ1n) is 7.67. The number of hydrogen-bond donors (Lipinski definition) is 3. The van der Waals surface area contributed by atoms with Gasteiger partial charge in [0.2, 0.25) is 0 Å². The number of aromatic amines is 1. The van der Waals surface area contributed by atoms with Gasteiger partial charge >= 0.3 is 0 Å². The minimum atomic E-state index is 0.564. The molecule has 0 spiro atoms. The molecule has 0 amide bonds. The Morgan fingerprint density at radius 1 is 1.38 bits per heavy atom. The van der Waals surface area contributed by atoms with Crippen LogP contribution >= 0.6 is 0 Å². The molecule has 1 aliphatic rings. The summed E-state index contributed by atoms with van der Waals surface area (Å²) in [5, 5.41) is 6.81. The number of rotatable bonds is 3. The molecule has 0 unspecified atom stereocenters. The zero-order valence-corrected chi connectivity index (χ0v) is 12.7. The standard InChI is InChI=1S/C16H23N5/c1-11-7-8-13-14(9-11)21-15(20-13)10-18-16(17-2)19-12-5-3-4-6-12/h7-9,12H,3-6,10H2,1-2H3,(H,20,21)(H2,17,18,19). The fourth-order valence-corrected chi connectivity index (χ4v) is 2.89. The van der Waals surface area contributed by atoms with Crippen molar-refractivity contribution in [1.29, 1.82) is 0 Å². The lowest BCUT2D eigenvalue weighted by Gasteiger charge is -2.16. The van der Waals surface area contributed by atoms with Crippen molar-refractivity contribution >= 4 is 17.0 Å². The summed E-state index contributed by atoms with van der Waals surface area (Å²) in [4.78, 5) is 12.2. The Morgan fingerprint density at radius 2 is 2.19 bits per heavy atom. The summed E-state index contributed by atoms with van der Waals surface area (Å²) in [6.45, 7) is 2.74. The van der Waals surface area contributed by atoms with Gasteiger partial charge in [0.1, 0.15) is 5.82 Å².